The largest absolute Gasteiger partial charge is 0.359 e. The number of aromatic nitrogens is 1. The Bertz CT molecular complexity index is 1760. The van der Waals surface area contributed by atoms with Gasteiger partial charge in [-0.3, -0.25) is 9.59 Å². The second kappa shape index (κ2) is 12.4. The molecule has 2 fully saturated rings. The van der Waals surface area contributed by atoms with Gasteiger partial charge in [0.15, 0.2) is 9.84 Å². The first-order valence-corrected chi connectivity index (χ1v) is 17.4. The maximum Gasteiger partial charge on any atom is 0.256 e. The van der Waals surface area contributed by atoms with E-state index in [0.717, 1.165) is 55.2 Å². The number of sulfone groups is 1. The zero-order valence-electron chi connectivity index (χ0n) is 24.8. The molecule has 0 radical (unpaired) electrons. The van der Waals surface area contributed by atoms with Gasteiger partial charge in [-0.2, -0.15) is 0 Å². The minimum Gasteiger partial charge on any atom is -0.359 e. The molecule has 11 heteroatoms. The van der Waals surface area contributed by atoms with Crippen LogP contribution in [0.3, 0.4) is 0 Å². The molecular formula is C33H36Cl2N4O4S. The molecule has 2 aromatic carbocycles. The molecule has 1 atom stereocenters. The number of anilines is 1. The molecule has 2 amide bonds. The molecule has 1 saturated heterocycles. The van der Waals surface area contributed by atoms with E-state index in [2.05, 4.69) is 15.6 Å². The van der Waals surface area contributed by atoms with Gasteiger partial charge in [-0.1, -0.05) is 29.3 Å². The van der Waals surface area contributed by atoms with Crippen LogP contribution in [0.25, 0.3) is 11.6 Å². The van der Waals surface area contributed by atoms with Crippen molar-refractivity contribution in [2.24, 2.45) is 5.92 Å². The van der Waals surface area contributed by atoms with Crippen LogP contribution in [0.1, 0.15) is 59.3 Å². The standard InChI is InChI=1S/C33H36Cl2N4O4S/c1-19-24(15-32(40)39-12-4-5-22(39)17-36-16-21-8-9-21)20(2)37-31(19)14-26-25-13-23(10-11-30(25)38-33(26)41)44(42,43)18-27-28(34)6-3-7-29(27)35/h3,6-7,10-11,13-14,21-22,36-37H,4-5,8-9,12,15-18H2,1-2H3,(H,38,41)/b26-14-/t22-/m0/s1. The topological polar surface area (TPSA) is 111 Å². The number of amides is 2. The molecule has 3 N–H and O–H groups in total. The number of carbonyl (C=O) groups excluding carboxylic acids is 2. The van der Waals surface area contributed by atoms with Crippen molar-refractivity contribution in [3.8, 4) is 0 Å². The van der Waals surface area contributed by atoms with E-state index < -0.39 is 9.84 Å². The average molecular weight is 656 g/mol. The van der Waals surface area contributed by atoms with E-state index in [0.29, 0.717) is 28.1 Å². The Morgan fingerprint density at radius 3 is 2.55 bits per heavy atom. The fraction of sp³-hybridized carbons (Fsp3) is 0.394. The summed E-state index contributed by atoms with van der Waals surface area (Å²) < 4.78 is 26.8. The first-order chi connectivity index (χ1) is 21.0. The number of aromatic amines is 1. The van der Waals surface area contributed by atoms with Crippen LogP contribution in [0, 0.1) is 19.8 Å². The molecule has 0 spiro atoms. The van der Waals surface area contributed by atoms with Crippen molar-refractivity contribution >= 4 is 62.2 Å². The SMILES string of the molecule is Cc1[nH]c(/C=C2\C(=O)Nc3ccc(S(=O)(=O)Cc4c(Cl)cccc4Cl)cc32)c(C)c1CC(=O)N1CCC[C@H]1CNCC1CC1. The summed E-state index contributed by atoms with van der Waals surface area (Å²) >= 11 is 12.5. The molecule has 0 unspecified atom stereocenters. The number of nitrogens with one attached hydrogen (secondary N) is 3. The van der Waals surface area contributed by atoms with Crippen molar-refractivity contribution in [3.63, 3.8) is 0 Å². The summed E-state index contributed by atoms with van der Waals surface area (Å²) in [5.74, 6) is 0.218. The number of hydrogen-bond acceptors (Lipinski definition) is 5. The zero-order chi connectivity index (χ0) is 31.2. The Hall–Kier alpha value is -3.11. The van der Waals surface area contributed by atoms with Gasteiger partial charge >= 0.3 is 0 Å². The van der Waals surface area contributed by atoms with Gasteiger partial charge in [0.2, 0.25) is 5.91 Å². The molecule has 1 aliphatic carbocycles. The minimum absolute atomic E-state index is 0.0621. The van der Waals surface area contributed by atoms with Crippen LogP contribution in [-0.2, 0) is 31.6 Å². The summed E-state index contributed by atoms with van der Waals surface area (Å²) in [7, 11) is -3.83. The third kappa shape index (κ3) is 6.33. The van der Waals surface area contributed by atoms with Gasteiger partial charge in [-0.05, 0) is 99.5 Å². The molecule has 3 heterocycles. The number of carbonyl (C=O) groups is 2. The van der Waals surface area contributed by atoms with E-state index >= 15 is 0 Å². The van der Waals surface area contributed by atoms with E-state index in [-0.39, 0.29) is 45.0 Å². The Kier molecular flexibility index (Phi) is 8.67. The summed E-state index contributed by atoms with van der Waals surface area (Å²) in [6.45, 7) is 6.52. The smallest absolute Gasteiger partial charge is 0.256 e. The first kappa shape index (κ1) is 30.9. The van der Waals surface area contributed by atoms with Gasteiger partial charge in [0, 0.05) is 57.4 Å². The Morgan fingerprint density at radius 1 is 1.07 bits per heavy atom. The normalized spacial score (nSPS) is 19.1. The van der Waals surface area contributed by atoms with Gasteiger partial charge < -0.3 is 20.5 Å². The first-order valence-electron chi connectivity index (χ1n) is 15.0. The lowest BCUT2D eigenvalue weighted by atomic mass is 10.0. The summed E-state index contributed by atoms with van der Waals surface area (Å²) in [6.07, 6.45) is 6.66. The molecule has 8 nitrogen and oxygen atoms in total. The van der Waals surface area contributed by atoms with Gasteiger partial charge in [0.1, 0.15) is 0 Å². The zero-order valence-corrected chi connectivity index (χ0v) is 27.1. The van der Waals surface area contributed by atoms with Crippen LogP contribution in [0.5, 0.6) is 0 Å². The number of hydrogen-bond donors (Lipinski definition) is 3. The van der Waals surface area contributed by atoms with Gasteiger partial charge in [-0.25, -0.2) is 8.42 Å². The number of halogens is 2. The van der Waals surface area contributed by atoms with E-state index in [4.69, 9.17) is 23.2 Å². The number of aryl methyl sites for hydroxylation is 1. The lowest BCUT2D eigenvalue weighted by molar-refractivity contribution is -0.131. The van der Waals surface area contributed by atoms with E-state index in [1.807, 2.05) is 18.7 Å². The third-order valence-corrected chi connectivity index (χ3v) is 11.3. The van der Waals surface area contributed by atoms with Crippen molar-refractivity contribution < 1.29 is 18.0 Å². The summed E-state index contributed by atoms with van der Waals surface area (Å²) in [5, 5.41) is 6.93. The van der Waals surface area contributed by atoms with Crippen LogP contribution in [0.15, 0.2) is 41.3 Å². The monoisotopic (exact) mass is 654 g/mol. The molecule has 232 valence electrons. The highest BCUT2D eigenvalue weighted by molar-refractivity contribution is 7.90. The number of benzene rings is 2. The van der Waals surface area contributed by atoms with Gasteiger partial charge in [-0.15, -0.1) is 0 Å². The van der Waals surface area contributed by atoms with Crippen LogP contribution in [0.2, 0.25) is 10.0 Å². The molecular weight excluding hydrogens is 619 g/mol. The van der Waals surface area contributed by atoms with Crippen molar-refractivity contribution in [1.29, 1.82) is 0 Å². The third-order valence-electron chi connectivity index (χ3n) is 8.98. The minimum atomic E-state index is -3.83. The summed E-state index contributed by atoms with van der Waals surface area (Å²) in [5.41, 5.74) is 5.09. The van der Waals surface area contributed by atoms with E-state index in [9.17, 15) is 18.0 Å². The molecule has 3 aliphatic rings. The Morgan fingerprint density at radius 2 is 1.82 bits per heavy atom. The molecule has 2 aliphatic heterocycles. The summed E-state index contributed by atoms with van der Waals surface area (Å²) in [4.78, 5) is 31.9. The highest BCUT2D eigenvalue weighted by atomic mass is 35.5. The lowest BCUT2D eigenvalue weighted by Gasteiger charge is -2.25. The maximum absolute atomic E-state index is 13.4. The molecule has 44 heavy (non-hydrogen) atoms. The van der Waals surface area contributed by atoms with Crippen molar-refractivity contribution in [3.05, 3.63) is 80.1 Å². The average Bonchev–Trinajstić information content (AvgIpc) is 3.50. The predicted molar refractivity (Wildman–Crippen MR) is 175 cm³/mol. The van der Waals surface area contributed by atoms with Gasteiger partial charge in [0.05, 0.1) is 22.6 Å². The van der Waals surface area contributed by atoms with Crippen LogP contribution in [0.4, 0.5) is 5.69 Å². The van der Waals surface area contributed by atoms with Crippen LogP contribution in [-0.4, -0.2) is 55.8 Å². The number of H-pyrrole nitrogens is 1. The fourth-order valence-corrected chi connectivity index (χ4v) is 8.34. The van der Waals surface area contributed by atoms with E-state index in [1.54, 1.807) is 30.3 Å². The van der Waals surface area contributed by atoms with Crippen molar-refractivity contribution in [2.75, 3.05) is 25.0 Å². The number of likely N-dealkylation sites (tertiary alicyclic amines) is 1. The molecule has 3 aromatic rings. The Labute approximate surface area is 268 Å². The van der Waals surface area contributed by atoms with Crippen molar-refractivity contribution in [1.82, 2.24) is 15.2 Å². The van der Waals surface area contributed by atoms with Crippen molar-refractivity contribution in [2.45, 2.75) is 62.6 Å². The Balaban J connectivity index is 1.22. The second-order valence-electron chi connectivity index (χ2n) is 12.1. The number of rotatable bonds is 10. The molecule has 6 rings (SSSR count). The van der Waals surface area contributed by atoms with Crippen LogP contribution >= 0.6 is 23.2 Å². The molecule has 1 saturated carbocycles. The number of fused-ring (bicyclic) bond motifs is 1. The van der Waals surface area contributed by atoms with Crippen LogP contribution < -0.4 is 10.6 Å². The highest BCUT2D eigenvalue weighted by Gasteiger charge is 2.31. The summed E-state index contributed by atoms with van der Waals surface area (Å²) in [6, 6.07) is 9.67. The molecule has 0 bridgehead atoms. The van der Waals surface area contributed by atoms with E-state index in [1.165, 1.54) is 25.0 Å². The lowest BCUT2D eigenvalue weighted by Crippen LogP contribution is -2.42. The number of nitrogens with zero attached hydrogens (tertiary/aromatic N) is 1. The highest BCUT2D eigenvalue weighted by Crippen LogP contribution is 2.37. The fourth-order valence-electron chi connectivity index (χ4n) is 6.22. The quantitative estimate of drug-likeness (QED) is 0.234. The molecule has 1 aromatic heterocycles. The predicted octanol–water partition coefficient (Wildman–Crippen LogP) is 5.94. The van der Waals surface area contributed by atoms with Gasteiger partial charge in [0.25, 0.3) is 5.91 Å². The maximum atomic E-state index is 13.4. The second-order valence-corrected chi connectivity index (χ2v) is 14.9.